The number of nitrogens with two attached hydrogens (primary N) is 1. The van der Waals surface area contributed by atoms with Crippen LogP contribution in [0.15, 0.2) is 24.3 Å². The van der Waals surface area contributed by atoms with Crippen molar-refractivity contribution in [3.05, 3.63) is 24.3 Å². The van der Waals surface area contributed by atoms with E-state index in [-0.39, 0.29) is 5.95 Å². The molecule has 2 aromatic rings. The summed E-state index contributed by atoms with van der Waals surface area (Å²) in [7, 11) is 1.30. The van der Waals surface area contributed by atoms with Crippen molar-refractivity contribution in [2.45, 2.75) is 0 Å². The highest BCUT2D eigenvalue weighted by Crippen LogP contribution is 2.17. The molecule has 72 valence electrons. The van der Waals surface area contributed by atoms with E-state index in [1.165, 1.54) is 11.7 Å². The highest BCUT2D eigenvalue weighted by atomic mass is 16.5. The molecule has 0 saturated heterocycles. The highest BCUT2D eigenvalue weighted by molar-refractivity contribution is 5.89. The molecule has 0 fully saturated rings. The number of nitrogens with zero attached hydrogens (tertiary/aromatic N) is 2. The first kappa shape index (κ1) is 8.55. The van der Waals surface area contributed by atoms with E-state index in [2.05, 4.69) is 9.72 Å². The largest absolute Gasteiger partial charge is 0.452 e. The Kier molecular flexibility index (Phi) is 1.85. The van der Waals surface area contributed by atoms with Crippen LogP contribution in [-0.4, -0.2) is 22.8 Å². The van der Waals surface area contributed by atoms with Crippen LogP contribution in [-0.2, 0) is 4.74 Å². The Hall–Kier alpha value is -2.04. The van der Waals surface area contributed by atoms with Gasteiger partial charge in [0.15, 0.2) is 0 Å². The number of nitrogen functional groups attached to an aromatic ring is 1. The molecule has 0 amide bonds. The molecule has 1 aromatic heterocycles. The number of carbonyl (C=O) groups excluding carboxylic acids is 1. The lowest BCUT2D eigenvalue weighted by Gasteiger charge is -2.01. The van der Waals surface area contributed by atoms with Crippen LogP contribution in [0.2, 0.25) is 0 Å². The minimum absolute atomic E-state index is 0.137. The number of ether oxygens (including phenoxy) is 1. The van der Waals surface area contributed by atoms with E-state index in [0.29, 0.717) is 11.0 Å². The molecule has 5 nitrogen and oxygen atoms in total. The average molecular weight is 191 g/mol. The predicted molar refractivity (Wildman–Crippen MR) is 51.9 cm³/mol. The van der Waals surface area contributed by atoms with E-state index >= 15 is 0 Å². The van der Waals surface area contributed by atoms with Crippen molar-refractivity contribution < 1.29 is 9.53 Å². The highest BCUT2D eigenvalue weighted by Gasteiger charge is 2.13. The van der Waals surface area contributed by atoms with Crippen LogP contribution < -0.4 is 5.73 Å². The second kappa shape index (κ2) is 3.02. The van der Waals surface area contributed by atoms with Gasteiger partial charge in [-0.05, 0) is 12.1 Å². The number of benzene rings is 1. The fraction of sp³-hybridized carbons (Fsp3) is 0.111. The van der Waals surface area contributed by atoms with E-state index in [0.717, 1.165) is 0 Å². The minimum Gasteiger partial charge on any atom is -0.452 e. The minimum atomic E-state index is -0.531. The third-order valence-electron chi connectivity index (χ3n) is 1.94. The molecule has 1 aromatic carbocycles. The molecule has 14 heavy (non-hydrogen) atoms. The number of methoxy groups -OCH3 is 1. The number of aromatic nitrogens is 2. The van der Waals surface area contributed by atoms with Crippen molar-refractivity contribution in [3.63, 3.8) is 0 Å². The monoisotopic (exact) mass is 191 g/mol. The summed E-state index contributed by atoms with van der Waals surface area (Å²) in [6, 6.07) is 7.18. The first-order valence-corrected chi connectivity index (χ1v) is 4.05. The molecule has 0 radical (unpaired) electrons. The second-order valence-corrected chi connectivity index (χ2v) is 2.76. The number of hydrogen-bond donors (Lipinski definition) is 1. The van der Waals surface area contributed by atoms with Crippen molar-refractivity contribution in [1.82, 2.24) is 9.55 Å². The maximum absolute atomic E-state index is 11.3. The Balaban J connectivity index is 2.74. The molecule has 5 heteroatoms. The lowest BCUT2D eigenvalue weighted by molar-refractivity contribution is 0.174. The van der Waals surface area contributed by atoms with Crippen LogP contribution in [0.25, 0.3) is 11.0 Å². The van der Waals surface area contributed by atoms with Gasteiger partial charge in [-0.15, -0.1) is 0 Å². The van der Waals surface area contributed by atoms with Gasteiger partial charge in [0.05, 0.1) is 18.1 Å². The van der Waals surface area contributed by atoms with Crippen molar-refractivity contribution in [2.75, 3.05) is 12.8 Å². The zero-order valence-corrected chi connectivity index (χ0v) is 7.60. The van der Waals surface area contributed by atoms with Gasteiger partial charge in [-0.25, -0.2) is 14.3 Å². The number of hydrogen-bond acceptors (Lipinski definition) is 4. The summed E-state index contributed by atoms with van der Waals surface area (Å²) in [5.74, 6) is 0.137. The van der Waals surface area contributed by atoms with E-state index in [1.54, 1.807) is 12.1 Å². The van der Waals surface area contributed by atoms with Crippen molar-refractivity contribution >= 4 is 23.1 Å². The standard InChI is InChI=1S/C9H9N3O2/c1-14-9(13)12-7-5-3-2-4-6(7)11-8(12)10/h2-5H,1H3,(H2,10,11). The van der Waals surface area contributed by atoms with Gasteiger partial charge in [0.2, 0.25) is 5.95 Å². The molecule has 1 heterocycles. The van der Waals surface area contributed by atoms with Crippen molar-refractivity contribution in [3.8, 4) is 0 Å². The van der Waals surface area contributed by atoms with Gasteiger partial charge in [-0.2, -0.15) is 0 Å². The number of anilines is 1. The molecule has 0 aliphatic carbocycles. The normalized spacial score (nSPS) is 10.4. The molecule has 0 bridgehead atoms. The summed E-state index contributed by atoms with van der Waals surface area (Å²) in [5.41, 5.74) is 6.91. The second-order valence-electron chi connectivity index (χ2n) is 2.76. The summed E-state index contributed by atoms with van der Waals surface area (Å²) in [6.45, 7) is 0. The van der Waals surface area contributed by atoms with Gasteiger partial charge in [0, 0.05) is 0 Å². The Morgan fingerprint density at radius 2 is 2.21 bits per heavy atom. The summed E-state index contributed by atoms with van der Waals surface area (Å²) in [5, 5.41) is 0. The summed E-state index contributed by atoms with van der Waals surface area (Å²) >= 11 is 0. The SMILES string of the molecule is COC(=O)n1c(N)nc2ccccc21. The van der Waals surface area contributed by atoms with Gasteiger partial charge in [0.25, 0.3) is 0 Å². The van der Waals surface area contributed by atoms with E-state index in [4.69, 9.17) is 5.73 Å². The topological polar surface area (TPSA) is 70.1 Å². The summed E-state index contributed by atoms with van der Waals surface area (Å²) < 4.78 is 5.82. The smallest absolute Gasteiger partial charge is 0.421 e. The third kappa shape index (κ3) is 1.10. The molecule has 0 aliphatic heterocycles. The Labute approximate surface area is 80.1 Å². The Morgan fingerprint density at radius 1 is 1.50 bits per heavy atom. The van der Waals surface area contributed by atoms with Gasteiger partial charge in [-0.3, -0.25) is 0 Å². The van der Waals surface area contributed by atoms with Gasteiger partial charge < -0.3 is 10.5 Å². The van der Waals surface area contributed by atoms with E-state index in [9.17, 15) is 4.79 Å². The Bertz CT molecular complexity index is 490. The van der Waals surface area contributed by atoms with E-state index < -0.39 is 6.09 Å². The fourth-order valence-electron chi connectivity index (χ4n) is 1.33. The van der Waals surface area contributed by atoms with Crippen LogP contribution >= 0.6 is 0 Å². The molecule has 0 unspecified atom stereocenters. The maximum atomic E-state index is 11.3. The molecule has 0 spiro atoms. The molecular weight excluding hydrogens is 182 g/mol. The average Bonchev–Trinajstić information content (AvgIpc) is 2.53. The van der Waals surface area contributed by atoms with Gasteiger partial charge in [0.1, 0.15) is 0 Å². The summed E-state index contributed by atoms with van der Waals surface area (Å²) in [6.07, 6.45) is -0.531. The number of carbonyl (C=O) groups is 1. The lowest BCUT2D eigenvalue weighted by Crippen LogP contribution is -2.13. The third-order valence-corrected chi connectivity index (χ3v) is 1.94. The van der Waals surface area contributed by atoms with Gasteiger partial charge >= 0.3 is 6.09 Å². The maximum Gasteiger partial charge on any atom is 0.421 e. The first-order chi connectivity index (χ1) is 6.74. The number of imidazole rings is 1. The molecule has 0 atom stereocenters. The zero-order chi connectivity index (χ0) is 10.1. The van der Waals surface area contributed by atoms with Gasteiger partial charge in [-0.1, -0.05) is 12.1 Å². The number of fused-ring (bicyclic) bond motifs is 1. The zero-order valence-electron chi connectivity index (χ0n) is 7.60. The molecule has 0 aliphatic rings. The van der Waals surface area contributed by atoms with E-state index in [1.807, 2.05) is 12.1 Å². The number of rotatable bonds is 0. The van der Waals surface area contributed by atoms with Crippen LogP contribution in [0, 0.1) is 0 Å². The first-order valence-electron chi connectivity index (χ1n) is 4.05. The quantitative estimate of drug-likeness (QED) is 0.679. The van der Waals surface area contributed by atoms with Crippen LogP contribution in [0.1, 0.15) is 0 Å². The van der Waals surface area contributed by atoms with Crippen LogP contribution in [0.5, 0.6) is 0 Å². The van der Waals surface area contributed by atoms with Crippen molar-refractivity contribution in [1.29, 1.82) is 0 Å². The Morgan fingerprint density at radius 3 is 2.93 bits per heavy atom. The van der Waals surface area contributed by atoms with Crippen LogP contribution in [0.3, 0.4) is 0 Å². The fourth-order valence-corrected chi connectivity index (χ4v) is 1.33. The molecular formula is C9H9N3O2. The molecule has 2 N–H and O–H groups in total. The summed E-state index contributed by atoms with van der Waals surface area (Å²) in [4.78, 5) is 15.4. The molecule has 2 rings (SSSR count). The lowest BCUT2D eigenvalue weighted by atomic mass is 10.3. The number of para-hydroxylation sites is 2. The predicted octanol–water partition coefficient (Wildman–Crippen LogP) is 1.23. The van der Waals surface area contributed by atoms with Crippen molar-refractivity contribution in [2.24, 2.45) is 0 Å². The van der Waals surface area contributed by atoms with Crippen LogP contribution in [0.4, 0.5) is 10.7 Å². The molecule has 0 saturated carbocycles.